The number of ether oxygens (including phenoxy) is 4. The van der Waals surface area contributed by atoms with Gasteiger partial charge >= 0.3 is 0 Å². The van der Waals surface area contributed by atoms with Gasteiger partial charge in [0.2, 0.25) is 0 Å². The van der Waals surface area contributed by atoms with Crippen molar-refractivity contribution in [3.63, 3.8) is 0 Å². The summed E-state index contributed by atoms with van der Waals surface area (Å²) in [5.41, 5.74) is 6.75. The van der Waals surface area contributed by atoms with Crippen molar-refractivity contribution in [1.82, 2.24) is 0 Å². The quantitative estimate of drug-likeness (QED) is 0.0759. The highest BCUT2D eigenvalue weighted by Crippen LogP contribution is 2.38. The first-order valence-electron chi connectivity index (χ1n) is 17.0. The number of nitrogens with one attached hydrogen (secondary N) is 1. The van der Waals surface area contributed by atoms with Crippen LogP contribution in [0.1, 0.15) is 51.1 Å². The Morgan fingerprint density at radius 3 is 2.22 bits per heavy atom. The number of anilines is 3. The molecule has 6 rings (SSSR count). The Morgan fingerprint density at radius 2 is 1.54 bits per heavy atom. The number of para-hydroxylation sites is 2. The summed E-state index contributed by atoms with van der Waals surface area (Å²) in [6.07, 6.45) is 5.01. The number of carbonyl (C=O) groups is 2. The molecular weight excluding hydrogens is 632 g/mol. The van der Waals surface area contributed by atoms with Gasteiger partial charge in [-0.25, -0.2) is 0 Å². The van der Waals surface area contributed by atoms with Gasteiger partial charge in [-0.2, -0.15) is 0 Å². The Kier molecular flexibility index (Phi) is 10.9. The van der Waals surface area contributed by atoms with E-state index in [9.17, 15) is 9.59 Å². The number of benzene rings is 4. The smallest absolute Gasteiger partial charge is 0.260 e. The van der Waals surface area contributed by atoms with E-state index < -0.39 is 0 Å². The lowest BCUT2D eigenvalue weighted by atomic mass is 10.1. The standard InChI is InChI=1S/C40H44N4O6/c1-41-33-24-39(37(48-4)22-31(33)40(46)44-17-16-27-12-6-9-15-35(27)44)50-19-11-5-10-18-49-38-23-32(29(26-45)21-36(38)47-3)42-25-30-20-28-13-7-8-14-34(28)43(30)2/h6-9,12-15,21-24,26,30,42H,1,5,10-11,16-20,25H2,2-4H3. The van der Waals surface area contributed by atoms with E-state index >= 15 is 0 Å². The van der Waals surface area contributed by atoms with Gasteiger partial charge in [0.25, 0.3) is 5.91 Å². The maximum atomic E-state index is 13.6. The highest BCUT2D eigenvalue weighted by Gasteiger charge is 2.28. The van der Waals surface area contributed by atoms with Gasteiger partial charge in [0.1, 0.15) is 0 Å². The lowest BCUT2D eigenvalue weighted by Gasteiger charge is -2.24. The van der Waals surface area contributed by atoms with Gasteiger partial charge < -0.3 is 34.1 Å². The SMILES string of the molecule is C=Nc1cc(OCCCCCOc2cc(NCC3Cc4ccccc4N3C)c(C=O)cc2OC)c(OC)cc1C(=O)N1CCc2ccccc21. The molecule has 10 heteroatoms. The normalized spacial score (nSPS) is 14.5. The zero-order valence-electron chi connectivity index (χ0n) is 28.9. The van der Waals surface area contributed by atoms with Crippen LogP contribution >= 0.6 is 0 Å². The number of nitrogens with zero attached hydrogens (tertiary/aromatic N) is 3. The summed E-state index contributed by atoms with van der Waals surface area (Å²) in [7, 11) is 5.23. The number of aldehydes is 1. The molecule has 4 aromatic rings. The molecule has 2 aliphatic heterocycles. The van der Waals surface area contributed by atoms with Crippen LogP contribution in [0.5, 0.6) is 23.0 Å². The van der Waals surface area contributed by atoms with E-state index in [-0.39, 0.29) is 11.9 Å². The lowest BCUT2D eigenvalue weighted by molar-refractivity contribution is 0.0989. The predicted molar refractivity (Wildman–Crippen MR) is 198 cm³/mol. The number of hydrogen-bond acceptors (Lipinski definition) is 9. The summed E-state index contributed by atoms with van der Waals surface area (Å²) in [5, 5.41) is 3.48. The van der Waals surface area contributed by atoms with Crippen LogP contribution in [0.3, 0.4) is 0 Å². The number of carbonyl (C=O) groups excluding carboxylic acids is 2. The molecule has 10 nitrogen and oxygen atoms in total. The van der Waals surface area contributed by atoms with Gasteiger partial charge in [0.15, 0.2) is 29.3 Å². The maximum absolute atomic E-state index is 13.6. The zero-order chi connectivity index (χ0) is 35.0. The van der Waals surface area contributed by atoms with Gasteiger partial charge in [0.05, 0.1) is 44.7 Å². The third kappa shape index (κ3) is 7.24. The van der Waals surface area contributed by atoms with Crippen molar-refractivity contribution in [1.29, 1.82) is 0 Å². The molecule has 0 radical (unpaired) electrons. The fraction of sp³-hybridized carbons (Fsp3) is 0.325. The van der Waals surface area contributed by atoms with E-state index in [0.717, 1.165) is 49.6 Å². The summed E-state index contributed by atoms with van der Waals surface area (Å²) in [6, 6.07) is 23.6. The minimum atomic E-state index is -0.144. The summed E-state index contributed by atoms with van der Waals surface area (Å²) < 4.78 is 23.4. The molecule has 2 aliphatic rings. The van der Waals surface area contributed by atoms with Crippen LogP contribution < -0.4 is 34.1 Å². The van der Waals surface area contributed by atoms with Gasteiger partial charge in [-0.1, -0.05) is 36.4 Å². The van der Waals surface area contributed by atoms with Gasteiger partial charge in [-0.3, -0.25) is 14.6 Å². The molecule has 0 aromatic heterocycles. The fourth-order valence-corrected chi connectivity index (χ4v) is 6.71. The van der Waals surface area contributed by atoms with E-state index in [1.165, 1.54) is 11.3 Å². The second-order valence-electron chi connectivity index (χ2n) is 12.5. The summed E-state index contributed by atoms with van der Waals surface area (Å²) >= 11 is 0. The number of hydrogen-bond donors (Lipinski definition) is 1. The van der Waals surface area contributed by atoms with Crippen LogP contribution in [0.25, 0.3) is 0 Å². The molecule has 0 saturated heterocycles. The van der Waals surface area contributed by atoms with Crippen molar-refractivity contribution in [2.24, 2.45) is 4.99 Å². The molecule has 2 heterocycles. The molecule has 1 amide bonds. The Bertz CT molecular complexity index is 1860. The van der Waals surface area contributed by atoms with Crippen molar-refractivity contribution in [2.45, 2.75) is 38.1 Å². The number of methoxy groups -OCH3 is 2. The number of aliphatic imine (C=N–C) groups is 1. The van der Waals surface area contributed by atoms with Crippen molar-refractivity contribution in [3.05, 3.63) is 95.1 Å². The van der Waals surface area contributed by atoms with Crippen molar-refractivity contribution in [3.8, 4) is 23.0 Å². The number of fused-ring (bicyclic) bond motifs is 2. The molecular formula is C40H44N4O6. The molecule has 0 aliphatic carbocycles. The number of unbranched alkanes of at least 4 members (excludes halogenated alkanes) is 2. The second-order valence-corrected chi connectivity index (χ2v) is 12.5. The van der Waals surface area contributed by atoms with Crippen molar-refractivity contribution < 1.29 is 28.5 Å². The average Bonchev–Trinajstić information content (AvgIpc) is 3.73. The van der Waals surface area contributed by atoms with Crippen LogP contribution in [0, 0.1) is 0 Å². The minimum absolute atomic E-state index is 0.144. The first kappa shape index (κ1) is 34.4. The summed E-state index contributed by atoms with van der Waals surface area (Å²) in [6.45, 7) is 5.91. The van der Waals surface area contributed by atoms with E-state index in [0.29, 0.717) is 71.8 Å². The van der Waals surface area contributed by atoms with Gasteiger partial charge in [-0.15, -0.1) is 0 Å². The predicted octanol–water partition coefficient (Wildman–Crippen LogP) is 7.15. The van der Waals surface area contributed by atoms with Crippen LogP contribution in [0.4, 0.5) is 22.7 Å². The van der Waals surface area contributed by atoms with Gasteiger partial charge in [-0.05, 0) is 74.2 Å². The van der Waals surface area contributed by atoms with Crippen LogP contribution in [-0.4, -0.2) is 72.5 Å². The van der Waals surface area contributed by atoms with Gasteiger partial charge in [0, 0.05) is 54.9 Å². The molecule has 0 saturated carbocycles. The first-order valence-corrected chi connectivity index (χ1v) is 17.0. The van der Waals surface area contributed by atoms with Crippen molar-refractivity contribution in [2.75, 3.05) is 62.7 Å². The number of amides is 1. The Balaban J connectivity index is 1.00. The van der Waals surface area contributed by atoms with E-state index in [1.54, 1.807) is 37.3 Å². The third-order valence-electron chi connectivity index (χ3n) is 9.48. The molecule has 0 spiro atoms. The fourth-order valence-electron chi connectivity index (χ4n) is 6.71. The molecule has 1 atom stereocenters. The molecule has 4 aromatic carbocycles. The lowest BCUT2D eigenvalue weighted by Crippen LogP contribution is -2.34. The average molecular weight is 677 g/mol. The van der Waals surface area contributed by atoms with Crippen LogP contribution in [-0.2, 0) is 12.8 Å². The van der Waals surface area contributed by atoms with Crippen LogP contribution in [0.2, 0.25) is 0 Å². The molecule has 260 valence electrons. The number of likely N-dealkylation sites (N-methyl/N-ethyl adjacent to an activating group) is 1. The largest absolute Gasteiger partial charge is 0.493 e. The third-order valence-corrected chi connectivity index (χ3v) is 9.48. The molecule has 0 bridgehead atoms. The van der Waals surface area contributed by atoms with E-state index in [1.807, 2.05) is 30.3 Å². The Morgan fingerprint density at radius 1 is 0.880 bits per heavy atom. The van der Waals surface area contributed by atoms with Crippen LogP contribution in [0.15, 0.2) is 77.8 Å². The van der Waals surface area contributed by atoms with E-state index in [2.05, 4.69) is 53.2 Å². The highest BCUT2D eigenvalue weighted by molar-refractivity contribution is 6.10. The minimum Gasteiger partial charge on any atom is -0.493 e. The molecule has 1 N–H and O–H groups in total. The zero-order valence-corrected chi connectivity index (χ0v) is 28.9. The Hall–Kier alpha value is -5.51. The monoisotopic (exact) mass is 676 g/mol. The molecule has 1 unspecified atom stereocenters. The van der Waals surface area contributed by atoms with Crippen molar-refractivity contribution >= 4 is 41.7 Å². The summed E-state index contributed by atoms with van der Waals surface area (Å²) in [4.78, 5) is 33.7. The summed E-state index contributed by atoms with van der Waals surface area (Å²) in [5.74, 6) is 1.94. The highest BCUT2D eigenvalue weighted by atomic mass is 16.5. The Labute approximate surface area is 293 Å². The molecule has 0 fully saturated rings. The second kappa shape index (κ2) is 15.8. The topological polar surface area (TPSA) is 102 Å². The van der Waals surface area contributed by atoms with E-state index in [4.69, 9.17) is 18.9 Å². The maximum Gasteiger partial charge on any atom is 0.260 e. The molecule has 50 heavy (non-hydrogen) atoms. The first-order chi connectivity index (χ1) is 24.4. The number of rotatable bonds is 16.